The number of aromatic nitrogens is 3. The Bertz CT molecular complexity index is 949. The van der Waals surface area contributed by atoms with Gasteiger partial charge in [0.25, 0.3) is 5.56 Å². The average Bonchev–Trinajstić information content (AvgIpc) is 2.63. The number of nitrogens with one attached hydrogen (secondary N) is 1. The Hall–Kier alpha value is -2.44. The number of piperazine rings is 1. The van der Waals surface area contributed by atoms with Crippen molar-refractivity contribution < 1.29 is 0 Å². The van der Waals surface area contributed by atoms with Crippen LogP contribution in [0.5, 0.6) is 0 Å². The molecule has 1 saturated heterocycles. The predicted octanol–water partition coefficient (Wildman–Crippen LogP) is 2.29. The first-order chi connectivity index (χ1) is 12.2. The first kappa shape index (κ1) is 16.1. The Morgan fingerprint density at radius 3 is 2.76 bits per heavy atom. The quantitative estimate of drug-likeness (QED) is 0.781. The van der Waals surface area contributed by atoms with E-state index in [0.29, 0.717) is 10.9 Å². The molecule has 0 saturated carbocycles. The molecule has 0 bridgehead atoms. The molecule has 0 radical (unpaired) electrons. The minimum atomic E-state index is -0.131. The van der Waals surface area contributed by atoms with Gasteiger partial charge in [-0.3, -0.25) is 9.69 Å². The normalized spacial score (nSPS) is 15.6. The molecule has 128 valence electrons. The number of H-pyrrole nitrogens is 1. The number of pyridine rings is 1. The number of halogens is 1. The molecule has 2 aromatic heterocycles. The monoisotopic (exact) mass is 355 g/mol. The lowest BCUT2D eigenvalue weighted by atomic mass is 10.2. The van der Waals surface area contributed by atoms with Crippen molar-refractivity contribution in [3.05, 3.63) is 63.8 Å². The summed E-state index contributed by atoms with van der Waals surface area (Å²) in [6.45, 7) is 4.43. The van der Waals surface area contributed by atoms with Crippen LogP contribution in [0.1, 0.15) is 5.56 Å². The Balaban J connectivity index is 1.49. The van der Waals surface area contributed by atoms with Gasteiger partial charge in [0.05, 0.1) is 11.7 Å². The van der Waals surface area contributed by atoms with E-state index in [1.54, 1.807) is 12.3 Å². The average molecular weight is 356 g/mol. The number of hydrogen-bond donors (Lipinski definition) is 1. The summed E-state index contributed by atoms with van der Waals surface area (Å²) >= 11 is 6.06. The molecule has 0 amide bonds. The van der Waals surface area contributed by atoms with Gasteiger partial charge in [0.15, 0.2) is 5.82 Å². The summed E-state index contributed by atoms with van der Waals surface area (Å²) < 4.78 is 0. The highest BCUT2D eigenvalue weighted by Crippen LogP contribution is 2.21. The molecule has 1 N–H and O–H groups in total. The van der Waals surface area contributed by atoms with Gasteiger partial charge in [-0.1, -0.05) is 23.7 Å². The van der Waals surface area contributed by atoms with Gasteiger partial charge in [0.2, 0.25) is 0 Å². The minimum Gasteiger partial charge on any atom is -0.352 e. The summed E-state index contributed by atoms with van der Waals surface area (Å²) in [6, 6.07) is 9.69. The summed E-state index contributed by atoms with van der Waals surface area (Å²) in [5.74, 6) is 0.783. The van der Waals surface area contributed by atoms with E-state index in [4.69, 9.17) is 11.6 Å². The zero-order chi connectivity index (χ0) is 17.2. The number of benzene rings is 1. The number of nitrogens with zero attached hydrogens (tertiary/aromatic N) is 4. The highest BCUT2D eigenvalue weighted by atomic mass is 35.5. The maximum atomic E-state index is 11.9. The van der Waals surface area contributed by atoms with Gasteiger partial charge in [-0.25, -0.2) is 9.97 Å². The number of rotatable bonds is 3. The predicted molar refractivity (Wildman–Crippen MR) is 99.1 cm³/mol. The maximum absolute atomic E-state index is 11.9. The van der Waals surface area contributed by atoms with Crippen molar-refractivity contribution in [3.63, 3.8) is 0 Å². The van der Waals surface area contributed by atoms with E-state index in [2.05, 4.69) is 30.8 Å². The number of hydrogen-bond acceptors (Lipinski definition) is 5. The van der Waals surface area contributed by atoms with Gasteiger partial charge < -0.3 is 9.88 Å². The van der Waals surface area contributed by atoms with Crippen LogP contribution in [0.2, 0.25) is 5.02 Å². The van der Waals surface area contributed by atoms with Gasteiger partial charge in [0, 0.05) is 43.9 Å². The Labute approximate surface area is 150 Å². The van der Waals surface area contributed by atoms with E-state index in [1.807, 2.05) is 18.2 Å². The van der Waals surface area contributed by atoms with E-state index < -0.39 is 0 Å². The van der Waals surface area contributed by atoms with Gasteiger partial charge >= 0.3 is 0 Å². The molecule has 25 heavy (non-hydrogen) atoms. The molecule has 1 aliphatic rings. The van der Waals surface area contributed by atoms with Crippen molar-refractivity contribution in [2.45, 2.75) is 6.54 Å². The summed E-state index contributed by atoms with van der Waals surface area (Å²) in [4.78, 5) is 27.9. The zero-order valence-electron chi connectivity index (χ0n) is 13.7. The lowest BCUT2D eigenvalue weighted by Gasteiger charge is -2.35. The van der Waals surface area contributed by atoms with Crippen molar-refractivity contribution in [2.24, 2.45) is 0 Å². The molecule has 1 aliphatic heterocycles. The highest BCUT2D eigenvalue weighted by Gasteiger charge is 2.20. The topological polar surface area (TPSA) is 65.1 Å². The standard InChI is InChI=1S/C18H18ClN5O/c19-14-3-1-2-13(10-14)11-23-6-8-24(9-7-23)17-16-15(4-5-20-17)18(25)22-12-21-16/h1-5,10,12H,6-9,11H2,(H,21,22,25). The molecule has 1 fully saturated rings. The lowest BCUT2D eigenvalue weighted by Crippen LogP contribution is -2.46. The van der Waals surface area contributed by atoms with Gasteiger partial charge in [-0.2, -0.15) is 0 Å². The summed E-state index contributed by atoms with van der Waals surface area (Å²) in [5, 5.41) is 1.35. The second kappa shape index (κ2) is 6.82. The van der Waals surface area contributed by atoms with Crippen molar-refractivity contribution in [1.29, 1.82) is 0 Å². The van der Waals surface area contributed by atoms with Crippen LogP contribution in [-0.2, 0) is 6.54 Å². The Kier molecular flexibility index (Phi) is 4.38. The van der Waals surface area contributed by atoms with E-state index in [9.17, 15) is 4.79 Å². The fourth-order valence-corrected chi connectivity index (χ4v) is 3.44. The third-order valence-corrected chi connectivity index (χ3v) is 4.74. The molecule has 3 heterocycles. The molecule has 7 heteroatoms. The smallest absolute Gasteiger partial charge is 0.258 e. The van der Waals surface area contributed by atoms with Crippen molar-refractivity contribution in [2.75, 3.05) is 31.1 Å². The maximum Gasteiger partial charge on any atom is 0.258 e. The molecule has 0 aliphatic carbocycles. The third-order valence-electron chi connectivity index (χ3n) is 4.51. The van der Waals surface area contributed by atoms with Crippen molar-refractivity contribution in [3.8, 4) is 0 Å². The van der Waals surface area contributed by atoms with E-state index >= 15 is 0 Å². The molecule has 0 unspecified atom stereocenters. The molecule has 3 aromatic rings. The third kappa shape index (κ3) is 3.36. The van der Waals surface area contributed by atoms with Crippen LogP contribution in [0.4, 0.5) is 5.82 Å². The number of fused-ring (bicyclic) bond motifs is 1. The molecule has 4 rings (SSSR count). The second-order valence-electron chi connectivity index (χ2n) is 6.16. The van der Waals surface area contributed by atoms with Crippen LogP contribution in [0, 0.1) is 0 Å². The van der Waals surface area contributed by atoms with Crippen LogP contribution in [0.15, 0.2) is 47.7 Å². The first-order valence-corrected chi connectivity index (χ1v) is 8.63. The molecular formula is C18H18ClN5O. The van der Waals surface area contributed by atoms with E-state index in [1.165, 1.54) is 11.9 Å². The number of aromatic amines is 1. The molecule has 0 spiro atoms. The van der Waals surface area contributed by atoms with Crippen LogP contribution in [-0.4, -0.2) is 46.0 Å². The molecular weight excluding hydrogens is 338 g/mol. The highest BCUT2D eigenvalue weighted by molar-refractivity contribution is 6.30. The molecule has 6 nitrogen and oxygen atoms in total. The SMILES string of the molecule is O=c1[nH]cnc2c(N3CCN(Cc4cccc(Cl)c4)CC3)nccc12. The first-order valence-electron chi connectivity index (χ1n) is 8.25. The van der Waals surface area contributed by atoms with Crippen LogP contribution in [0.3, 0.4) is 0 Å². The molecule has 0 atom stereocenters. The largest absolute Gasteiger partial charge is 0.352 e. The van der Waals surface area contributed by atoms with E-state index in [0.717, 1.165) is 43.6 Å². The summed E-state index contributed by atoms with van der Waals surface area (Å²) in [6.07, 6.45) is 3.11. The van der Waals surface area contributed by atoms with Gasteiger partial charge in [-0.15, -0.1) is 0 Å². The van der Waals surface area contributed by atoms with Gasteiger partial charge in [0.1, 0.15) is 5.52 Å². The zero-order valence-corrected chi connectivity index (χ0v) is 14.4. The number of anilines is 1. The Morgan fingerprint density at radius 1 is 1.12 bits per heavy atom. The summed E-state index contributed by atoms with van der Waals surface area (Å²) in [5.41, 5.74) is 1.75. The minimum absolute atomic E-state index is 0.131. The lowest BCUT2D eigenvalue weighted by molar-refractivity contribution is 0.249. The van der Waals surface area contributed by atoms with Gasteiger partial charge in [-0.05, 0) is 23.8 Å². The van der Waals surface area contributed by atoms with Crippen LogP contribution in [0.25, 0.3) is 10.9 Å². The van der Waals surface area contributed by atoms with Crippen molar-refractivity contribution >= 4 is 28.3 Å². The summed E-state index contributed by atoms with van der Waals surface area (Å²) in [7, 11) is 0. The fraction of sp³-hybridized carbons (Fsp3) is 0.278. The fourth-order valence-electron chi connectivity index (χ4n) is 3.23. The second-order valence-corrected chi connectivity index (χ2v) is 6.59. The van der Waals surface area contributed by atoms with Crippen molar-refractivity contribution in [1.82, 2.24) is 19.9 Å². The van der Waals surface area contributed by atoms with Crippen LogP contribution < -0.4 is 10.5 Å². The Morgan fingerprint density at radius 2 is 1.96 bits per heavy atom. The van der Waals surface area contributed by atoms with E-state index in [-0.39, 0.29) is 5.56 Å². The van der Waals surface area contributed by atoms with Crippen LogP contribution >= 0.6 is 11.6 Å². The molecule has 1 aromatic carbocycles.